The lowest BCUT2D eigenvalue weighted by Crippen LogP contribution is -3.08. The average Bonchev–Trinajstić information content (AvgIpc) is 3.15. The molecular weight excluding hydrogens is 390 g/mol. The molecule has 0 radical (unpaired) electrons. The molecular formula is C20H26N5O3S+. The normalized spacial score (nSPS) is 18.9. The van der Waals surface area contributed by atoms with Crippen molar-refractivity contribution < 1.29 is 18.1 Å². The third-order valence-electron chi connectivity index (χ3n) is 5.27. The van der Waals surface area contributed by atoms with Crippen LogP contribution in [-0.4, -0.2) is 49.2 Å². The summed E-state index contributed by atoms with van der Waals surface area (Å²) in [7, 11) is -1.03. The molecule has 1 aliphatic heterocycles. The lowest BCUT2D eigenvalue weighted by molar-refractivity contribution is -0.885. The van der Waals surface area contributed by atoms with E-state index in [-0.39, 0.29) is 30.0 Å². The Kier molecular flexibility index (Phi) is 6.05. The summed E-state index contributed by atoms with van der Waals surface area (Å²) < 4.78 is 25.4. The third-order valence-corrected chi connectivity index (χ3v) is 7.02. The van der Waals surface area contributed by atoms with Gasteiger partial charge in [-0.3, -0.25) is 9.48 Å². The summed E-state index contributed by atoms with van der Waals surface area (Å²) in [6.07, 6.45) is 0.597. The van der Waals surface area contributed by atoms with Gasteiger partial charge in [0.25, 0.3) is 5.91 Å². The molecule has 1 amide bonds. The average molecular weight is 417 g/mol. The van der Waals surface area contributed by atoms with Crippen molar-refractivity contribution in [3.63, 3.8) is 0 Å². The van der Waals surface area contributed by atoms with E-state index < -0.39 is 9.84 Å². The van der Waals surface area contributed by atoms with Crippen LogP contribution in [0.1, 0.15) is 35.0 Å². The Labute approximate surface area is 171 Å². The smallest absolute Gasteiger partial charge is 0.279 e. The summed E-state index contributed by atoms with van der Waals surface area (Å²) in [4.78, 5) is 13.3. The van der Waals surface area contributed by atoms with Gasteiger partial charge >= 0.3 is 0 Å². The molecule has 29 heavy (non-hydrogen) atoms. The first-order valence-electron chi connectivity index (χ1n) is 9.55. The molecule has 3 rings (SSSR count). The van der Waals surface area contributed by atoms with Crippen LogP contribution in [0.25, 0.3) is 0 Å². The van der Waals surface area contributed by atoms with E-state index in [1.54, 1.807) is 24.3 Å². The molecule has 8 nitrogen and oxygen atoms in total. The second kappa shape index (κ2) is 8.35. The Bertz CT molecular complexity index is 1050. The van der Waals surface area contributed by atoms with Crippen LogP contribution in [0.2, 0.25) is 0 Å². The highest BCUT2D eigenvalue weighted by Gasteiger charge is 2.31. The SMILES string of the molecule is Cc1nn([C@H]2CCS(=O)(=O)C2)c(C)c1C[NH+](C)CC(=O)Nc1ccc(C#N)cc1. The minimum Gasteiger partial charge on any atom is -0.326 e. The number of hydrogen-bond acceptors (Lipinski definition) is 5. The van der Waals surface area contributed by atoms with Crippen LogP contribution in [0.4, 0.5) is 5.69 Å². The van der Waals surface area contributed by atoms with Crippen LogP contribution in [0.3, 0.4) is 0 Å². The summed E-state index contributed by atoms with van der Waals surface area (Å²) in [5.74, 6) is 0.243. The van der Waals surface area contributed by atoms with E-state index in [9.17, 15) is 13.2 Å². The Hall–Kier alpha value is -2.70. The fraction of sp³-hybridized carbons (Fsp3) is 0.450. The van der Waals surface area contributed by atoms with Crippen LogP contribution in [0, 0.1) is 25.2 Å². The molecule has 1 aliphatic rings. The van der Waals surface area contributed by atoms with E-state index in [1.165, 1.54) is 0 Å². The summed E-state index contributed by atoms with van der Waals surface area (Å²) in [6.45, 7) is 4.79. The molecule has 0 bridgehead atoms. The maximum absolute atomic E-state index is 12.3. The number of nitrogens with one attached hydrogen (secondary N) is 2. The molecule has 154 valence electrons. The zero-order valence-electron chi connectivity index (χ0n) is 16.9. The number of benzene rings is 1. The second-order valence-corrected chi connectivity index (χ2v) is 9.93. The number of anilines is 1. The molecule has 0 spiro atoms. The molecule has 1 fully saturated rings. The van der Waals surface area contributed by atoms with Gasteiger partial charge < -0.3 is 10.2 Å². The van der Waals surface area contributed by atoms with Crippen LogP contribution in [0.15, 0.2) is 24.3 Å². The number of amides is 1. The minimum absolute atomic E-state index is 0.104. The van der Waals surface area contributed by atoms with Crippen LogP contribution < -0.4 is 10.2 Å². The highest BCUT2D eigenvalue weighted by atomic mass is 32.2. The predicted molar refractivity (Wildman–Crippen MR) is 109 cm³/mol. The molecule has 1 saturated heterocycles. The maximum Gasteiger partial charge on any atom is 0.279 e. The molecule has 1 unspecified atom stereocenters. The zero-order valence-corrected chi connectivity index (χ0v) is 17.7. The highest BCUT2D eigenvalue weighted by molar-refractivity contribution is 7.91. The van der Waals surface area contributed by atoms with Crippen molar-refractivity contribution in [2.75, 3.05) is 30.4 Å². The standard InChI is InChI=1S/C20H25N5O3S/c1-14-19(15(2)25(23-14)18-8-9-29(27,28)13-18)11-24(3)12-20(26)22-17-6-4-16(10-21)5-7-17/h4-7,18H,8-9,11-13H2,1-3H3,(H,22,26)/p+1/t18-/m0/s1. The topological polar surface area (TPSA) is 109 Å². The predicted octanol–water partition coefficient (Wildman–Crippen LogP) is 0.385. The van der Waals surface area contributed by atoms with Gasteiger partial charge in [-0.05, 0) is 44.5 Å². The van der Waals surface area contributed by atoms with E-state index in [0.29, 0.717) is 24.2 Å². The number of carbonyl (C=O) groups excluding carboxylic acids is 1. The highest BCUT2D eigenvalue weighted by Crippen LogP contribution is 2.26. The Morgan fingerprint density at radius 3 is 2.62 bits per heavy atom. The molecule has 2 heterocycles. The number of nitrogens with zero attached hydrogens (tertiary/aromatic N) is 3. The molecule has 1 aromatic carbocycles. The number of nitriles is 1. The van der Waals surface area contributed by atoms with Gasteiger partial charge in [-0.1, -0.05) is 0 Å². The molecule has 2 aromatic rings. The van der Waals surface area contributed by atoms with Crippen molar-refractivity contribution in [3.8, 4) is 6.07 Å². The van der Waals surface area contributed by atoms with Crippen molar-refractivity contribution in [1.82, 2.24) is 9.78 Å². The van der Waals surface area contributed by atoms with Crippen molar-refractivity contribution in [1.29, 1.82) is 5.26 Å². The lowest BCUT2D eigenvalue weighted by atomic mass is 10.1. The van der Waals surface area contributed by atoms with Gasteiger partial charge in [0.1, 0.15) is 6.54 Å². The van der Waals surface area contributed by atoms with E-state index in [0.717, 1.165) is 21.9 Å². The Balaban J connectivity index is 1.62. The largest absolute Gasteiger partial charge is 0.326 e. The minimum atomic E-state index is -2.97. The summed E-state index contributed by atoms with van der Waals surface area (Å²) >= 11 is 0. The van der Waals surface area contributed by atoms with E-state index in [4.69, 9.17) is 5.26 Å². The van der Waals surface area contributed by atoms with Gasteiger partial charge in [0.05, 0.1) is 47.5 Å². The fourth-order valence-corrected chi connectivity index (χ4v) is 5.44. The van der Waals surface area contributed by atoms with Crippen molar-refractivity contribution in [3.05, 3.63) is 46.8 Å². The summed E-state index contributed by atoms with van der Waals surface area (Å²) in [6, 6.07) is 8.68. The number of likely N-dealkylation sites (N-methyl/N-ethyl adjacent to an activating group) is 1. The van der Waals surface area contributed by atoms with Crippen molar-refractivity contribution >= 4 is 21.4 Å². The van der Waals surface area contributed by atoms with Crippen LogP contribution >= 0.6 is 0 Å². The Morgan fingerprint density at radius 1 is 1.34 bits per heavy atom. The van der Waals surface area contributed by atoms with Crippen LogP contribution in [-0.2, 0) is 21.2 Å². The van der Waals surface area contributed by atoms with Crippen LogP contribution in [0.5, 0.6) is 0 Å². The molecule has 0 aliphatic carbocycles. The summed E-state index contributed by atoms with van der Waals surface area (Å²) in [5.41, 5.74) is 4.10. The van der Waals surface area contributed by atoms with Gasteiger partial charge in [-0.25, -0.2) is 8.42 Å². The number of rotatable bonds is 6. The molecule has 9 heteroatoms. The number of carbonyl (C=O) groups is 1. The lowest BCUT2D eigenvalue weighted by Gasteiger charge is -2.15. The third kappa shape index (κ3) is 5.02. The quantitative estimate of drug-likeness (QED) is 0.708. The second-order valence-electron chi connectivity index (χ2n) is 7.70. The van der Waals surface area contributed by atoms with Crippen molar-refractivity contribution in [2.45, 2.75) is 32.9 Å². The molecule has 0 saturated carbocycles. The molecule has 2 N–H and O–H groups in total. The number of hydrogen-bond donors (Lipinski definition) is 2. The number of aryl methyl sites for hydroxylation is 1. The Morgan fingerprint density at radius 2 is 2.03 bits per heavy atom. The van der Waals surface area contributed by atoms with E-state index in [1.807, 2.05) is 31.6 Å². The number of sulfone groups is 1. The van der Waals surface area contributed by atoms with Gasteiger partial charge in [0, 0.05) is 11.4 Å². The first-order valence-corrected chi connectivity index (χ1v) is 11.4. The van der Waals surface area contributed by atoms with Crippen molar-refractivity contribution in [2.24, 2.45) is 0 Å². The maximum atomic E-state index is 12.3. The number of aromatic nitrogens is 2. The number of quaternary nitrogens is 1. The van der Waals surface area contributed by atoms with Gasteiger partial charge in [0.2, 0.25) is 0 Å². The first-order chi connectivity index (χ1) is 13.7. The zero-order chi connectivity index (χ0) is 21.2. The fourth-order valence-electron chi connectivity index (χ4n) is 3.75. The monoisotopic (exact) mass is 416 g/mol. The van der Waals surface area contributed by atoms with E-state index in [2.05, 4.69) is 10.4 Å². The molecule has 2 atom stereocenters. The van der Waals surface area contributed by atoms with E-state index >= 15 is 0 Å². The van der Waals surface area contributed by atoms with Gasteiger partial charge in [0.15, 0.2) is 16.4 Å². The van der Waals surface area contributed by atoms with Gasteiger partial charge in [-0.2, -0.15) is 10.4 Å². The summed E-state index contributed by atoms with van der Waals surface area (Å²) in [5, 5.41) is 16.3. The molecule has 1 aromatic heterocycles. The first kappa shape index (κ1) is 21.0. The van der Waals surface area contributed by atoms with Gasteiger partial charge in [-0.15, -0.1) is 0 Å².